The Bertz CT molecular complexity index is 973. The van der Waals surface area contributed by atoms with Gasteiger partial charge in [-0.25, -0.2) is 4.68 Å². The van der Waals surface area contributed by atoms with E-state index in [1.165, 1.54) is 0 Å². The predicted molar refractivity (Wildman–Crippen MR) is 103 cm³/mol. The van der Waals surface area contributed by atoms with Crippen molar-refractivity contribution in [1.29, 1.82) is 0 Å². The highest BCUT2D eigenvalue weighted by atomic mass is 32.2. The monoisotopic (exact) mass is 379 g/mol. The Morgan fingerprint density at radius 2 is 1.85 bits per heavy atom. The molecule has 0 fully saturated rings. The fourth-order valence-electron chi connectivity index (χ4n) is 2.98. The molecule has 0 saturated carbocycles. The van der Waals surface area contributed by atoms with E-state index in [9.17, 15) is 9.59 Å². The van der Waals surface area contributed by atoms with Crippen LogP contribution in [0.2, 0.25) is 0 Å². The minimum absolute atomic E-state index is 0.161. The quantitative estimate of drug-likeness (QED) is 0.683. The molecule has 3 heterocycles. The van der Waals surface area contributed by atoms with Gasteiger partial charge in [-0.15, -0.1) is 11.8 Å². The van der Waals surface area contributed by atoms with Gasteiger partial charge in [0, 0.05) is 29.1 Å². The summed E-state index contributed by atoms with van der Waals surface area (Å²) >= 11 is 1.76. The van der Waals surface area contributed by atoms with Crippen molar-refractivity contribution in [2.75, 3.05) is 11.1 Å². The first-order valence-corrected chi connectivity index (χ1v) is 9.49. The van der Waals surface area contributed by atoms with Gasteiger partial charge in [0.05, 0.1) is 17.9 Å². The van der Waals surface area contributed by atoms with Crippen LogP contribution in [-0.4, -0.2) is 32.3 Å². The Morgan fingerprint density at radius 3 is 2.70 bits per heavy atom. The van der Waals surface area contributed by atoms with E-state index in [1.807, 2.05) is 24.3 Å². The molecule has 2 amide bonds. The van der Waals surface area contributed by atoms with Crippen LogP contribution in [0.3, 0.4) is 0 Å². The molecule has 4 rings (SSSR count). The molecule has 1 unspecified atom stereocenters. The number of carbonyl (C=O) groups is 2. The summed E-state index contributed by atoms with van der Waals surface area (Å²) in [6.45, 7) is 0. The molecule has 1 aromatic carbocycles. The van der Waals surface area contributed by atoms with Crippen LogP contribution in [0, 0.1) is 0 Å². The molecule has 136 valence electrons. The number of carbonyl (C=O) groups excluding carboxylic acids is 2. The lowest BCUT2D eigenvalue weighted by Crippen LogP contribution is -2.39. The van der Waals surface area contributed by atoms with Gasteiger partial charge in [-0.05, 0) is 30.2 Å². The smallest absolute Gasteiger partial charge is 0.314 e. The molecular weight excluding hydrogens is 362 g/mol. The van der Waals surface area contributed by atoms with Crippen LogP contribution in [0.5, 0.6) is 0 Å². The van der Waals surface area contributed by atoms with Crippen LogP contribution in [0.1, 0.15) is 18.0 Å². The SMILES string of the molecule is O=C(Nc1ccnn1-c1ccncc1)C(=O)NC1CCSc2ccccc21. The summed E-state index contributed by atoms with van der Waals surface area (Å²) in [5.74, 6) is -0.0649. The lowest BCUT2D eigenvalue weighted by Gasteiger charge is -2.25. The molecule has 8 heteroatoms. The van der Waals surface area contributed by atoms with Crippen LogP contribution >= 0.6 is 11.8 Å². The van der Waals surface area contributed by atoms with Crippen molar-refractivity contribution in [3.8, 4) is 5.69 Å². The summed E-state index contributed by atoms with van der Waals surface area (Å²) in [6.07, 6.45) is 5.61. The molecule has 0 aliphatic carbocycles. The molecule has 2 N–H and O–H groups in total. The van der Waals surface area contributed by atoms with Crippen LogP contribution in [0.25, 0.3) is 5.69 Å². The number of hydrogen-bond donors (Lipinski definition) is 2. The van der Waals surface area contributed by atoms with E-state index in [-0.39, 0.29) is 6.04 Å². The average Bonchev–Trinajstić information content (AvgIpc) is 3.17. The van der Waals surface area contributed by atoms with Crippen molar-refractivity contribution in [3.63, 3.8) is 0 Å². The minimum atomic E-state index is -0.721. The maximum absolute atomic E-state index is 12.4. The zero-order valence-electron chi connectivity index (χ0n) is 14.3. The summed E-state index contributed by atoms with van der Waals surface area (Å²) in [6, 6.07) is 12.9. The number of nitrogens with zero attached hydrogens (tertiary/aromatic N) is 3. The van der Waals surface area contributed by atoms with E-state index in [1.54, 1.807) is 53.2 Å². The van der Waals surface area contributed by atoms with Gasteiger partial charge in [0.25, 0.3) is 0 Å². The maximum Gasteiger partial charge on any atom is 0.314 e. The Balaban J connectivity index is 1.46. The van der Waals surface area contributed by atoms with Crippen LogP contribution in [0.4, 0.5) is 5.82 Å². The van der Waals surface area contributed by atoms with Crippen molar-refractivity contribution in [1.82, 2.24) is 20.1 Å². The fraction of sp³-hybridized carbons (Fsp3) is 0.158. The molecule has 0 radical (unpaired) electrons. The number of nitrogens with one attached hydrogen (secondary N) is 2. The second kappa shape index (κ2) is 7.63. The topological polar surface area (TPSA) is 88.9 Å². The molecular formula is C19H17N5O2S. The zero-order valence-corrected chi connectivity index (χ0v) is 15.1. The first-order chi connectivity index (χ1) is 13.2. The van der Waals surface area contributed by atoms with Crippen LogP contribution < -0.4 is 10.6 Å². The number of fused-ring (bicyclic) bond motifs is 1. The van der Waals surface area contributed by atoms with Gasteiger partial charge in [0.1, 0.15) is 5.82 Å². The molecule has 0 saturated heterocycles. The highest BCUT2D eigenvalue weighted by Crippen LogP contribution is 2.35. The van der Waals surface area contributed by atoms with Gasteiger partial charge < -0.3 is 10.6 Å². The Hall–Kier alpha value is -3.13. The average molecular weight is 379 g/mol. The van der Waals surface area contributed by atoms with Gasteiger partial charge >= 0.3 is 11.8 Å². The summed E-state index contributed by atoms with van der Waals surface area (Å²) in [5.41, 5.74) is 1.79. The van der Waals surface area contributed by atoms with Gasteiger partial charge in [-0.1, -0.05) is 18.2 Å². The second-order valence-electron chi connectivity index (χ2n) is 5.99. The number of thioether (sulfide) groups is 1. The number of hydrogen-bond acceptors (Lipinski definition) is 5. The zero-order chi connectivity index (χ0) is 18.6. The fourth-order valence-corrected chi connectivity index (χ4v) is 4.10. The summed E-state index contributed by atoms with van der Waals surface area (Å²) in [7, 11) is 0. The molecule has 0 bridgehead atoms. The summed E-state index contributed by atoms with van der Waals surface area (Å²) in [5, 5.41) is 9.65. The number of pyridine rings is 1. The second-order valence-corrected chi connectivity index (χ2v) is 7.13. The Labute approximate surface area is 160 Å². The lowest BCUT2D eigenvalue weighted by molar-refractivity contribution is -0.136. The largest absolute Gasteiger partial charge is 0.341 e. The Morgan fingerprint density at radius 1 is 1.04 bits per heavy atom. The van der Waals surface area contributed by atoms with Gasteiger partial charge in [-0.2, -0.15) is 5.10 Å². The third-order valence-electron chi connectivity index (χ3n) is 4.26. The molecule has 27 heavy (non-hydrogen) atoms. The summed E-state index contributed by atoms with van der Waals surface area (Å²) in [4.78, 5) is 29.9. The number of rotatable bonds is 3. The van der Waals surface area contributed by atoms with E-state index >= 15 is 0 Å². The third-order valence-corrected chi connectivity index (χ3v) is 5.38. The number of benzene rings is 1. The van der Waals surface area contributed by atoms with E-state index in [4.69, 9.17) is 0 Å². The normalized spacial score (nSPS) is 15.6. The molecule has 2 aromatic heterocycles. The molecule has 0 spiro atoms. The maximum atomic E-state index is 12.4. The standard InChI is InChI=1S/C19H17N5O2S/c25-18(22-15-8-12-27-16-4-2-1-3-14(15)16)19(26)23-17-7-11-21-24(17)13-5-9-20-10-6-13/h1-7,9-11,15H,8,12H2,(H,22,25)(H,23,26). The first-order valence-electron chi connectivity index (χ1n) is 8.50. The molecule has 3 aromatic rings. The number of anilines is 1. The van der Waals surface area contributed by atoms with Crippen LogP contribution in [0.15, 0.2) is 66.0 Å². The van der Waals surface area contributed by atoms with Gasteiger partial charge in [0.2, 0.25) is 0 Å². The van der Waals surface area contributed by atoms with Crippen molar-refractivity contribution in [2.45, 2.75) is 17.4 Å². The highest BCUT2D eigenvalue weighted by Gasteiger charge is 2.25. The van der Waals surface area contributed by atoms with Crippen molar-refractivity contribution < 1.29 is 9.59 Å². The number of amides is 2. The van der Waals surface area contributed by atoms with Crippen molar-refractivity contribution in [3.05, 3.63) is 66.6 Å². The van der Waals surface area contributed by atoms with E-state index in [2.05, 4.69) is 20.7 Å². The minimum Gasteiger partial charge on any atom is -0.341 e. The van der Waals surface area contributed by atoms with Crippen molar-refractivity contribution in [2.24, 2.45) is 0 Å². The predicted octanol–water partition coefficient (Wildman–Crippen LogP) is 2.56. The number of aromatic nitrogens is 3. The van der Waals surface area contributed by atoms with Gasteiger partial charge in [-0.3, -0.25) is 14.6 Å². The molecule has 7 nitrogen and oxygen atoms in total. The molecule has 1 aliphatic heterocycles. The van der Waals surface area contributed by atoms with E-state index in [0.717, 1.165) is 28.3 Å². The third kappa shape index (κ3) is 3.70. The van der Waals surface area contributed by atoms with Crippen LogP contribution in [-0.2, 0) is 9.59 Å². The van der Waals surface area contributed by atoms with E-state index in [0.29, 0.717) is 5.82 Å². The molecule has 1 atom stereocenters. The van der Waals surface area contributed by atoms with Gasteiger partial charge in [0.15, 0.2) is 0 Å². The summed E-state index contributed by atoms with van der Waals surface area (Å²) < 4.78 is 1.54. The first kappa shape index (κ1) is 17.3. The van der Waals surface area contributed by atoms with E-state index < -0.39 is 11.8 Å². The Kier molecular flexibility index (Phi) is 4.88. The highest BCUT2D eigenvalue weighted by molar-refractivity contribution is 7.99. The molecule has 1 aliphatic rings. The van der Waals surface area contributed by atoms with Crippen molar-refractivity contribution >= 4 is 29.4 Å². The lowest BCUT2D eigenvalue weighted by atomic mass is 10.0.